The summed E-state index contributed by atoms with van der Waals surface area (Å²) in [5.41, 5.74) is 0.700. The van der Waals surface area contributed by atoms with Crippen molar-refractivity contribution >= 4 is 5.97 Å². The third-order valence-corrected chi connectivity index (χ3v) is 4.65. The first-order valence-corrected chi connectivity index (χ1v) is 7.46. The highest BCUT2D eigenvalue weighted by Crippen LogP contribution is 2.38. The Kier molecular flexibility index (Phi) is 4.76. The molecule has 0 aromatic carbocycles. The number of pyridine rings is 1. The second kappa shape index (κ2) is 6.35. The number of carbonyl (C=O) groups is 1. The lowest BCUT2D eigenvalue weighted by atomic mass is 9.74. The summed E-state index contributed by atoms with van der Waals surface area (Å²) in [5.74, 6) is -0.618. The summed E-state index contributed by atoms with van der Waals surface area (Å²) in [7, 11) is 0. The molecule has 1 atom stereocenters. The number of likely N-dealkylation sites (tertiary alicyclic amines) is 1. The third kappa shape index (κ3) is 3.01. The average molecular weight is 276 g/mol. The minimum Gasteiger partial charge on any atom is -0.481 e. The number of aliphatic carboxylic acids is 1. The van der Waals surface area contributed by atoms with E-state index in [-0.39, 0.29) is 0 Å². The van der Waals surface area contributed by atoms with Gasteiger partial charge in [-0.05, 0) is 50.9 Å². The monoisotopic (exact) mass is 276 g/mol. The van der Waals surface area contributed by atoms with E-state index in [4.69, 9.17) is 0 Å². The molecule has 2 heterocycles. The van der Waals surface area contributed by atoms with Crippen molar-refractivity contribution in [1.29, 1.82) is 0 Å². The SMILES string of the molecule is CCCC1(C(=O)O)CCN(C(C)c2cccnc2)CC1. The van der Waals surface area contributed by atoms with Crippen molar-refractivity contribution in [3.63, 3.8) is 0 Å². The molecule has 1 aromatic heterocycles. The second-order valence-electron chi connectivity index (χ2n) is 5.83. The number of aromatic nitrogens is 1. The first-order chi connectivity index (χ1) is 9.59. The van der Waals surface area contributed by atoms with E-state index < -0.39 is 11.4 Å². The molecule has 1 fully saturated rings. The van der Waals surface area contributed by atoms with Crippen molar-refractivity contribution in [2.45, 2.75) is 45.6 Å². The topological polar surface area (TPSA) is 53.4 Å². The Bertz CT molecular complexity index is 439. The van der Waals surface area contributed by atoms with E-state index in [1.54, 1.807) is 6.20 Å². The van der Waals surface area contributed by atoms with Crippen molar-refractivity contribution in [2.24, 2.45) is 5.41 Å². The van der Waals surface area contributed by atoms with E-state index >= 15 is 0 Å². The molecule has 0 saturated carbocycles. The molecule has 0 spiro atoms. The Morgan fingerprint density at radius 3 is 2.70 bits per heavy atom. The van der Waals surface area contributed by atoms with Crippen molar-refractivity contribution in [3.05, 3.63) is 30.1 Å². The zero-order valence-electron chi connectivity index (χ0n) is 12.4. The molecular formula is C16H24N2O2. The molecule has 4 nitrogen and oxygen atoms in total. The molecule has 1 N–H and O–H groups in total. The minimum absolute atomic E-state index is 0.303. The van der Waals surface area contributed by atoms with Gasteiger partial charge in [-0.15, -0.1) is 0 Å². The molecule has 20 heavy (non-hydrogen) atoms. The van der Waals surface area contributed by atoms with Crippen molar-refractivity contribution in [2.75, 3.05) is 13.1 Å². The number of carboxylic acids is 1. The maximum Gasteiger partial charge on any atom is 0.309 e. The van der Waals surface area contributed by atoms with E-state index in [0.29, 0.717) is 6.04 Å². The lowest BCUT2D eigenvalue weighted by molar-refractivity contribution is -0.153. The highest BCUT2D eigenvalue weighted by Gasteiger charge is 2.41. The third-order valence-electron chi connectivity index (χ3n) is 4.65. The molecule has 0 radical (unpaired) electrons. The molecule has 1 unspecified atom stereocenters. The van der Waals surface area contributed by atoms with Crippen LogP contribution in [-0.2, 0) is 4.79 Å². The van der Waals surface area contributed by atoms with Gasteiger partial charge in [-0.1, -0.05) is 19.4 Å². The van der Waals surface area contributed by atoms with Crippen LogP contribution in [-0.4, -0.2) is 34.0 Å². The lowest BCUT2D eigenvalue weighted by Gasteiger charge is -2.41. The molecule has 4 heteroatoms. The summed E-state index contributed by atoms with van der Waals surface area (Å²) in [6.45, 7) is 5.94. The van der Waals surface area contributed by atoms with Gasteiger partial charge in [0.15, 0.2) is 0 Å². The van der Waals surface area contributed by atoms with E-state index in [9.17, 15) is 9.90 Å². The van der Waals surface area contributed by atoms with Crippen LogP contribution in [0.4, 0.5) is 0 Å². The number of piperidine rings is 1. The average Bonchev–Trinajstić information content (AvgIpc) is 2.48. The molecule has 1 saturated heterocycles. The summed E-state index contributed by atoms with van der Waals surface area (Å²) < 4.78 is 0. The fourth-order valence-electron chi connectivity index (χ4n) is 3.22. The molecular weight excluding hydrogens is 252 g/mol. The first-order valence-electron chi connectivity index (χ1n) is 7.46. The number of nitrogens with zero attached hydrogens (tertiary/aromatic N) is 2. The standard InChI is InChI=1S/C16H24N2O2/c1-3-6-16(15(19)20)7-10-18(11-8-16)13(2)14-5-4-9-17-12-14/h4-5,9,12-13H,3,6-8,10-11H2,1-2H3,(H,19,20). The van der Waals surface area contributed by atoms with Gasteiger partial charge in [0.25, 0.3) is 0 Å². The van der Waals surface area contributed by atoms with Gasteiger partial charge in [0.1, 0.15) is 0 Å². The van der Waals surface area contributed by atoms with Crippen LogP contribution >= 0.6 is 0 Å². The maximum absolute atomic E-state index is 11.6. The molecule has 1 aromatic rings. The van der Waals surface area contributed by atoms with Gasteiger partial charge in [-0.25, -0.2) is 0 Å². The Morgan fingerprint density at radius 1 is 1.50 bits per heavy atom. The summed E-state index contributed by atoms with van der Waals surface area (Å²) in [5, 5.41) is 9.53. The Hall–Kier alpha value is -1.42. The zero-order valence-corrected chi connectivity index (χ0v) is 12.4. The molecule has 1 aliphatic rings. The van der Waals surface area contributed by atoms with Gasteiger partial charge >= 0.3 is 5.97 Å². The molecule has 1 aliphatic heterocycles. The highest BCUT2D eigenvalue weighted by molar-refractivity contribution is 5.74. The van der Waals surface area contributed by atoms with Crippen LogP contribution in [0.25, 0.3) is 0 Å². The predicted molar refractivity (Wildman–Crippen MR) is 78.4 cm³/mol. The molecule has 0 aliphatic carbocycles. The van der Waals surface area contributed by atoms with Crippen molar-refractivity contribution in [3.8, 4) is 0 Å². The van der Waals surface area contributed by atoms with Gasteiger partial charge in [0, 0.05) is 18.4 Å². The number of rotatable bonds is 5. The second-order valence-corrected chi connectivity index (χ2v) is 5.83. The number of hydrogen-bond acceptors (Lipinski definition) is 3. The smallest absolute Gasteiger partial charge is 0.309 e. The van der Waals surface area contributed by atoms with Crippen LogP contribution in [0.1, 0.15) is 51.1 Å². The Morgan fingerprint density at radius 2 is 2.20 bits per heavy atom. The van der Waals surface area contributed by atoms with E-state index in [1.165, 1.54) is 5.56 Å². The maximum atomic E-state index is 11.6. The molecule has 0 amide bonds. The van der Waals surface area contributed by atoms with Gasteiger partial charge in [-0.3, -0.25) is 14.7 Å². The van der Waals surface area contributed by atoms with Crippen molar-refractivity contribution < 1.29 is 9.90 Å². The van der Waals surface area contributed by atoms with E-state index in [1.807, 2.05) is 12.3 Å². The Balaban J connectivity index is 2.02. The summed E-state index contributed by atoms with van der Waals surface area (Å²) in [6, 6.07) is 4.34. The zero-order chi connectivity index (χ0) is 14.6. The number of carboxylic acid groups (broad SMARTS) is 1. The van der Waals surface area contributed by atoms with Gasteiger partial charge in [0.2, 0.25) is 0 Å². The van der Waals surface area contributed by atoms with E-state index in [2.05, 4.69) is 29.8 Å². The Labute approximate surface area is 120 Å². The van der Waals surface area contributed by atoms with E-state index in [0.717, 1.165) is 38.8 Å². The minimum atomic E-state index is -0.618. The fourth-order valence-corrected chi connectivity index (χ4v) is 3.22. The van der Waals surface area contributed by atoms with Crippen LogP contribution in [0, 0.1) is 5.41 Å². The van der Waals surface area contributed by atoms with Gasteiger partial charge in [-0.2, -0.15) is 0 Å². The highest BCUT2D eigenvalue weighted by atomic mass is 16.4. The fraction of sp³-hybridized carbons (Fsp3) is 0.625. The summed E-state index contributed by atoms with van der Waals surface area (Å²) >= 11 is 0. The lowest BCUT2D eigenvalue weighted by Crippen LogP contribution is -2.45. The van der Waals surface area contributed by atoms with Crippen molar-refractivity contribution in [1.82, 2.24) is 9.88 Å². The molecule has 110 valence electrons. The van der Waals surface area contributed by atoms with Crippen LogP contribution in [0.2, 0.25) is 0 Å². The largest absolute Gasteiger partial charge is 0.481 e. The summed E-state index contributed by atoms with van der Waals surface area (Å²) in [6.07, 6.45) is 6.91. The van der Waals surface area contributed by atoms with Gasteiger partial charge in [0.05, 0.1) is 5.41 Å². The molecule has 2 rings (SSSR count). The first kappa shape index (κ1) is 15.0. The van der Waals surface area contributed by atoms with Gasteiger partial charge < -0.3 is 5.11 Å². The van der Waals surface area contributed by atoms with Crippen LogP contribution < -0.4 is 0 Å². The van der Waals surface area contributed by atoms with Crippen LogP contribution in [0.5, 0.6) is 0 Å². The summed E-state index contributed by atoms with van der Waals surface area (Å²) in [4.78, 5) is 18.1. The quantitative estimate of drug-likeness (QED) is 0.897. The molecule has 0 bridgehead atoms. The predicted octanol–water partition coefficient (Wildman–Crippen LogP) is 3.11. The number of hydrogen-bond donors (Lipinski definition) is 1. The van der Waals surface area contributed by atoms with Crippen LogP contribution in [0.15, 0.2) is 24.5 Å². The normalized spacial score (nSPS) is 20.5. The van der Waals surface area contributed by atoms with Crippen LogP contribution in [0.3, 0.4) is 0 Å².